The Morgan fingerprint density at radius 3 is 2.09 bits per heavy atom. The molecular weight excluding hydrogens is 388 g/mol. The van der Waals surface area contributed by atoms with Gasteiger partial charge in [0.1, 0.15) is 0 Å². The smallest absolute Gasteiger partial charge is 0.0568 e. The highest BCUT2D eigenvalue weighted by Crippen LogP contribution is 2.69. The van der Waals surface area contributed by atoms with Crippen molar-refractivity contribution in [3.63, 3.8) is 0 Å². The van der Waals surface area contributed by atoms with Gasteiger partial charge in [-0.25, -0.2) is 0 Å². The molecule has 1 nitrogen and oxygen atoms in total. The van der Waals surface area contributed by atoms with Crippen LogP contribution in [0.25, 0.3) is 0 Å². The van der Waals surface area contributed by atoms with E-state index in [1.807, 2.05) is 0 Å². The lowest BCUT2D eigenvalue weighted by atomic mass is 9.43. The molecule has 0 saturated heterocycles. The van der Waals surface area contributed by atoms with Gasteiger partial charge in [-0.3, -0.25) is 0 Å². The van der Waals surface area contributed by atoms with Crippen LogP contribution < -0.4 is 0 Å². The molecule has 32 heavy (non-hydrogen) atoms. The van der Waals surface area contributed by atoms with Crippen LogP contribution in [-0.2, 0) is 0 Å². The van der Waals surface area contributed by atoms with Crippen LogP contribution >= 0.6 is 0 Å². The molecule has 0 spiro atoms. The van der Waals surface area contributed by atoms with Crippen LogP contribution in [0, 0.1) is 70.0 Å². The summed E-state index contributed by atoms with van der Waals surface area (Å²) in [7, 11) is 0. The Morgan fingerprint density at radius 2 is 1.44 bits per heavy atom. The maximum absolute atomic E-state index is 10.6. The lowest BCUT2D eigenvalue weighted by Gasteiger charge is -2.62. The molecule has 4 rings (SSSR count). The van der Waals surface area contributed by atoms with Crippen LogP contribution in [0.2, 0.25) is 0 Å². The summed E-state index contributed by atoms with van der Waals surface area (Å²) in [5.74, 6) is 8.50. The van der Waals surface area contributed by atoms with E-state index in [0.717, 1.165) is 59.7 Å². The predicted molar refractivity (Wildman–Crippen MR) is 137 cm³/mol. The van der Waals surface area contributed by atoms with Gasteiger partial charge in [-0.05, 0) is 128 Å². The third kappa shape index (κ3) is 3.93. The number of aliphatic hydroxyl groups is 1. The Balaban J connectivity index is 1.49. The highest BCUT2D eigenvalue weighted by Gasteiger charge is 2.61. The van der Waals surface area contributed by atoms with Crippen LogP contribution in [0.5, 0.6) is 0 Å². The van der Waals surface area contributed by atoms with Gasteiger partial charge in [0, 0.05) is 0 Å². The molecule has 4 aliphatic rings. The van der Waals surface area contributed by atoms with Gasteiger partial charge in [0.2, 0.25) is 0 Å². The van der Waals surface area contributed by atoms with E-state index in [1.54, 1.807) is 0 Å². The van der Waals surface area contributed by atoms with Crippen LogP contribution in [0.3, 0.4) is 0 Å². The Kier molecular flexibility index (Phi) is 7.21. The van der Waals surface area contributed by atoms with Crippen molar-refractivity contribution in [2.24, 2.45) is 70.0 Å². The monoisotopic (exact) mass is 444 g/mol. The summed E-state index contributed by atoms with van der Waals surface area (Å²) >= 11 is 0. The van der Waals surface area contributed by atoms with Gasteiger partial charge in [0.15, 0.2) is 0 Å². The van der Waals surface area contributed by atoms with Gasteiger partial charge in [0.25, 0.3) is 0 Å². The van der Waals surface area contributed by atoms with E-state index in [0.29, 0.717) is 16.7 Å². The fraction of sp³-hybridized carbons (Fsp3) is 1.00. The summed E-state index contributed by atoms with van der Waals surface area (Å²) in [6, 6.07) is 0. The van der Waals surface area contributed by atoms with Crippen LogP contribution in [0.4, 0.5) is 0 Å². The molecule has 0 heterocycles. The lowest BCUT2D eigenvalue weighted by Crippen LogP contribution is -2.56. The van der Waals surface area contributed by atoms with Crippen LogP contribution in [0.15, 0.2) is 0 Å². The van der Waals surface area contributed by atoms with Crippen LogP contribution in [-0.4, -0.2) is 11.2 Å². The van der Waals surface area contributed by atoms with Crippen molar-refractivity contribution in [1.82, 2.24) is 0 Å². The second-order valence-corrected chi connectivity index (χ2v) is 14.2. The molecule has 1 N–H and O–H groups in total. The second-order valence-electron chi connectivity index (χ2n) is 14.2. The zero-order valence-corrected chi connectivity index (χ0v) is 22.9. The third-order valence-electron chi connectivity index (χ3n) is 12.9. The molecule has 4 aliphatic carbocycles. The number of rotatable bonds is 6. The first-order valence-corrected chi connectivity index (χ1v) is 14.7. The minimum Gasteiger partial charge on any atom is -0.393 e. The zero-order valence-electron chi connectivity index (χ0n) is 22.9. The first kappa shape index (κ1) is 25.1. The fourth-order valence-electron chi connectivity index (χ4n) is 10.6. The van der Waals surface area contributed by atoms with Gasteiger partial charge in [-0.15, -0.1) is 0 Å². The summed E-state index contributed by atoms with van der Waals surface area (Å²) < 4.78 is 0. The van der Waals surface area contributed by atoms with E-state index in [-0.39, 0.29) is 6.10 Å². The molecule has 4 fully saturated rings. The first-order chi connectivity index (χ1) is 15.0. The van der Waals surface area contributed by atoms with Gasteiger partial charge in [-0.2, -0.15) is 0 Å². The molecule has 0 aromatic heterocycles. The highest BCUT2D eigenvalue weighted by molar-refractivity contribution is 5.10. The van der Waals surface area contributed by atoms with E-state index < -0.39 is 0 Å². The average Bonchev–Trinajstić information content (AvgIpc) is 3.11. The Labute approximate surface area is 200 Å². The minimum atomic E-state index is -0.0464. The predicted octanol–water partition coefficient (Wildman–Crippen LogP) is 8.60. The summed E-state index contributed by atoms with van der Waals surface area (Å²) in [6.45, 7) is 20.2. The molecule has 0 aromatic rings. The van der Waals surface area contributed by atoms with Crippen molar-refractivity contribution in [2.45, 2.75) is 126 Å². The molecule has 186 valence electrons. The third-order valence-corrected chi connectivity index (χ3v) is 12.9. The van der Waals surface area contributed by atoms with Crippen molar-refractivity contribution < 1.29 is 5.11 Å². The van der Waals surface area contributed by atoms with Gasteiger partial charge in [-0.1, -0.05) is 61.8 Å². The molecular formula is C31H56O. The average molecular weight is 445 g/mol. The molecule has 0 bridgehead atoms. The van der Waals surface area contributed by atoms with Crippen molar-refractivity contribution in [3.05, 3.63) is 0 Å². The highest BCUT2D eigenvalue weighted by atomic mass is 16.3. The van der Waals surface area contributed by atoms with E-state index in [2.05, 4.69) is 55.4 Å². The quantitative estimate of drug-likeness (QED) is 0.435. The molecule has 12 unspecified atom stereocenters. The summed E-state index contributed by atoms with van der Waals surface area (Å²) in [6.07, 6.45) is 13.9. The Morgan fingerprint density at radius 1 is 0.812 bits per heavy atom. The van der Waals surface area contributed by atoms with E-state index in [1.165, 1.54) is 57.8 Å². The molecule has 0 aliphatic heterocycles. The van der Waals surface area contributed by atoms with Crippen molar-refractivity contribution in [3.8, 4) is 0 Å². The van der Waals surface area contributed by atoms with Crippen molar-refractivity contribution >= 4 is 0 Å². The Hall–Kier alpha value is -0.0400. The zero-order chi connectivity index (χ0) is 23.4. The SMILES string of the molecule is CCC(CC(C)C1CCC2C3CCC4C(C)C(O)CCC4(C)C3CCC12C)C(C)C(C)C. The maximum Gasteiger partial charge on any atom is 0.0568 e. The number of aliphatic hydroxyl groups excluding tert-OH is 1. The Bertz CT molecular complexity index is 640. The van der Waals surface area contributed by atoms with E-state index in [9.17, 15) is 5.11 Å². The normalized spacial score (nSPS) is 49.1. The molecule has 12 atom stereocenters. The van der Waals surface area contributed by atoms with E-state index >= 15 is 0 Å². The van der Waals surface area contributed by atoms with Crippen LogP contribution in [0.1, 0.15) is 120 Å². The number of hydrogen-bond donors (Lipinski definition) is 1. The molecule has 0 aromatic carbocycles. The van der Waals surface area contributed by atoms with Gasteiger partial charge < -0.3 is 5.11 Å². The second kappa shape index (κ2) is 9.20. The number of hydrogen-bond acceptors (Lipinski definition) is 1. The standard InChI is InChI=1S/C31H56O/c1-9-23(21(5)19(2)3)18-20(4)25-12-13-27-24-10-11-26-22(6)29(32)15-17-31(26,8)28(24)14-16-30(25,27)7/h19-29,32H,9-18H2,1-8H3. The fourth-order valence-corrected chi connectivity index (χ4v) is 10.6. The summed E-state index contributed by atoms with van der Waals surface area (Å²) in [4.78, 5) is 0. The number of fused-ring (bicyclic) bond motifs is 5. The molecule has 0 amide bonds. The summed E-state index contributed by atoms with van der Waals surface area (Å²) in [5.41, 5.74) is 1.08. The summed E-state index contributed by atoms with van der Waals surface area (Å²) in [5, 5.41) is 10.6. The molecule has 1 heteroatoms. The van der Waals surface area contributed by atoms with E-state index in [4.69, 9.17) is 0 Å². The van der Waals surface area contributed by atoms with Gasteiger partial charge in [0.05, 0.1) is 6.10 Å². The largest absolute Gasteiger partial charge is 0.393 e. The first-order valence-electron chi connectivity index (χ1n) is 14.7. The maximum atomic E-state index is 10.6. The lowest BCUT2D eigenvalue weighted by molar-refractivity contribution is -0.149. The van der Waals surface area contributed by atoms with Crippen molar-refractivity contribution in [1.29, 1.82) is 0 Å². The van der Waals surface area contributed by atoms with Crippen molar-refractivity contribution in [2.75, 3.05) is 0 Å². The topological polar surface area (TPSA) is 20.2 Å². The molecule has 4 saturated carbocycles. The minimum absolute atomic E-state index is 0.0464. The molecule has 0 radical (unpaired) electrons. The van der Waals surface area contributed by atoms with Gasteiger partial charge >= 0.3 is 0 Å².